The number of hydrogen-bond acceptors (Lipinski definition) is 3. The average molecular weight is 323 g/mol. The maximum absolute atomic E-state index is 12.8. The molecule has 124 valence electrons. The lowest BCUT2D eigenvalue weighted by Crippen LogP contribution is -2.43. The molecule has 1 aliphatic rings. The summed E-state index contributed by atoms with van der Waals surface area (Å²) in [6, 6.07) is 18.7. The summed E-state index contributed by atoms with van der Waals surface area (Å²) >= 11 is 0. The molecule has 0 bridgehead atoms. The van der Waals surface area contributed by atoms with E-state index in [0.717, 1.165) is 18.4 Å². The van der Waals surface area contributed by atoms with Gasteiger partial charge in [0.2, 0.25) is 0 Å². The third-order valence-electron chi connectivity index (χ3n) is 4.20. The summed E-state index contributed by atoms with van der Waals surface area (Å²) in [5, 5.41) is 0. The van der Waals surface area contributed by atoms with E-state index in [2.05, 4.69) is 0 Å². The zero-order valence-electron chi connectivity index (χ0n) is 13.6. The molecule has 2 aromatic carbocycles. The zero-order valence-corrected chi connectivity index (χ0v) is 13.6. The fraction of sp³-hybridized carbons (Fsp3) is 0.300. The van der Waals surface area contributed by atoms with Crippen LogP contribution in [-0.4, -0.2) is 29.4 Å². The second-order valence-electron chi connectivity index (χ2n) is 5.94. The normalized spacial score (nSPS) is 18.2. The van der Waals surface area contributed by atoms with Gasteiger partial charge in [-0.1, -0.05) is 48.5 Å². The highest BCUT2D eigenvalue weighted by Gasteiger charge is 2.32. The zero-order chi connectivity index (χ0) is 16.8. The van der Waals surface area contributed by atoms with Crippen LogP contribution in [0.3, 0.4) is 0 Å². The fourth-order valence-corrected chi connectivity index (χ4v) is 2.87. The van der Waals surface area contributed by atoms with Gasteiger partial charge in [-0.25, -0.2) is 0 Å². The van der Waals surface area contributed by atoms with Crippen molar-refractivity contribution in [2.24, 2.45) is 0 Å². The quantitative estimate of drug-likeness (QED) is 0.810. The maximum atomic E-state index is 12.8. The first-order chi connectivity index (χ1) is 11.8. The number of hydrogen-bond donors (Lipinski definition) is 0. The van der Waals surface area contributed by atoms with Crippen LogP contribution in [0.25, 0.3) is 0 Å². The Balaban J connectivity index is 1.70. The lowest BCUT2D eigenvalue weighted by atomic mass is 10.1. The first kappa shape index (κ1) is 16.4. The molecule has 1 heterocycles. The van der Waals surface area contributed by atoms with Crippen LogP contribution >= 0.6 is 0 Å². The SMILES string of the molecule is O=C(c1ccccc1)N1CCCCC(OCc2ccccc2)C1=O. The highest BCUT2D eigenvalue weighted by molar-refractivity contribution is 6.05. The molecule has 24 heavy (non-hydrogen) atoms. The lowest BCUT2D eigenvalue weighted by Gasteiger charge is -2.23. The van der Waals surface area contributed by atoms with Gasteiger partial charge in [0.25, 0.3) is 11.8 Å². The number of nitrogens with zero attached hydrogens (tertiary/aromatic N) is 1. The topological polar surface area (TPSA) is 46.6 Å². The highest BCUT2D eigenvalue weighted by Crippen LogP contribution is 2.19. The van der Waals surface area contributed by atoms with Gasteiger partial charge in [-0.3, -0.25) is 14.5 Å². The van der Waals surface area contributed by atoms with Gasteiger partial charge in [0.05, 0.1) is 6.61 Å². The summed E-state index contributed by atoms with van der Waals surface area (Å²) in [6.07, 6.45) is 1.80. The largest absolute Gasteiger partial charge is 0.364 e. The summed E-state index contributed by atoms with van der Waals surface area (Å²) in [5.41, 5.74) is 1.56. The number of amides is 2. The Hall–Kier alpha value is -2.46. The monoisotopic (exact) mass is 323 g/mol. The van der Waals surface area contributed by atoms with Gasteiger partial charge >= 0.3 is 0 Å². The second-order valence-corrected chi connectivity index (χ2v) is 5.94. The summed E-state index contributed by atoms with van der Waals surface area (Å²) in [5.74, 6) is -0.465. The number of benzene rings is 2. The molecule has 4 heteroatoms. The summed E-state index contributed by atoms with van der Waals surface area (Å²) in [6.45, 7) is 0.836. The van der Waals surface area contributed by atoms with E-state index in [-0.39, 0.29) is 11.8 Å². The van der Waals surface area contributed by atoms with E-state index >= 15 is 0 Å². The van der Waals surface area contributed by atoms with E-state index in [1.165, 1.54) is 4.90 Å². The molecule has 1 fully saturated rings. The minimum absolute atomic E-state index is 0.225. The van der Waals surface area contributed by atoms with Crippen molar-refractivity contribution in [2.75, 3.05) is 6.54 Å². The van der Waals surface area contributed by atoms with Crippen molar-refractivity contribution in [3.63, 3.8) is 0 Å². The highest BCUT2D eigenvalue weighted by atomic mass is 16.5. The summed E-state index contributed by atoms with van der Waals surface area (Å²) < 4.78 is 5.83. The molecule has 1 aliphatic heterocycles. The minimum atomic E-state index is -0.555. The van der Waals surface area contributed by atoms with Crippen molar-refractivity contribution < 1.29 is 14.3 Å². The average Bonchev–Trinajstić information content (AvgIpc) is 2.82. The van der Waals surface area contributed by atoms with E-state index in [1.807, 2.05) is 36.4 Å². The van der Waals surface area contributed by atoms with Gasteiger partial charge in [-0.2, -0.15) is 0 Å². The molecular weight excluding hydrogens is 302 g/mol. The first-order valence-electron chi connectivity index (χ1n) is 8.32. The standard InChI is InChI=1S/C20H21NO3/c22-19(17-11-5-2-6-12-17)21-14-8-7-13-18(20(21)23)24-15-16-9-3-1-4-10-16/h1-6,9-12,18H,7-8,13-15H2. The maximum Gasteiger partial charge on any atom is 0.260 e. The van der Waals surface area contributed by atoms with E-state index < -0.39 is 6.10 Å². The van der Waals surface area contributed by atoms with Crippen molar-refractivity contribution >= 4 is 11.8 Å². The Morgan fingerprint density at radius 3 is 2.38 bits per heavy atom. The van der Waals surface area contributed by atoms with Crippen LogP contribution in [0.5, 0.6) is 0 Å². The molecule has 0 radical (unpaired) electrons. The lowest BCUT2D eigenvalue weighted by molar-refractivity contribution is -0.141. The van der Waals surface area contributed by atoms with Crippen LogP contribution in [0.1, 0.15) is 35.2 Å². The molecule has 1 unspecified atom stereocenters. The van der Waals surface area contributed by atoms with Crippen molar-refractivity contribution in [3.8, 4) is 0 Å². The number of imide groups is 1. The van der Waals surface area contributed by atoms with Gasteiger partial charge in [0.1, 0.15) is 6.10 Å². The van der Waals surface area contributed by atoms with Gasteiger partial charge in [-0.15, -0.1) is 0 Å². The molecular formula is C20H21NO3. The van der Waals surface area contributed by atoms with E-state index in [1.54, 1.807) is 24.3 Å². The molecule has 2 aromatic rings. The molecule has 1 saturated heterocycles. The third kappa shape index (κ3) is 3.89. The van der Waals surface area contributed by atoms with Crippen LogP contribution in [0.4, 0.5) is 0 Å². The van der Waals surface area contributed by atoms with Crippen molar-refractivity contribution in [3.05, 3.63) is 71.8 Å². The van der Waals surface area contributed by atoms with Crippen LogP contribution in [0.2, 0.25) is 0 Å². The first-order valence-corrected chi connectivity index (χ1v) is 8.32. The minimum Gasteiger partial charge on any atom is -0.364 e. The van der Waals surface area contributed by atoms with E-state index in [9.17, 15) is 9.59 Å². The number of carbonyl (C=O) groups excluding carboxylic acids is 2. The predicted octanol–water partition coefficient (Wildman–Crippen LogP) is 3.42. The molecule has 0 spiro atoms. The number of likely N-dealkylation sites (tertiary alicyclic amines) is 1. The fourth-order valence-electron chi connectivity index (χ4n) is 2.87. The molecule has 0 aliphatic carbocycles. The number of rotatable bonds is 4. The Morgan fingerprint density at radius 1 is 1.00 bits per heavy atom. The van der Waals surface area contributed by atoms with Crippen LogP contribution in [0.15, 0.2) is 60.7 Å². The van der Waals surface area contributed by atoms with Gasteiger partial charge in [0.15, 0.2) is 0 Å². The Bertz CT molecular complexity index is 685. The van der Waals surface area contributed by atoms with E-state index in [0.29, 0.717) is 25.1 Å². The van der Waals surface area contributed by atoms with Crippen LogP contribution < -0.4 is 0 Å². The van der Waals surface area contributed by atoms with Crippen molar-refractivity contribution in [1.29, 1.82) is 0 Å². The molecule has 0 aromatic heterocycles. The molecule has 1 atom stereocenters. The van der Waals surface area contributed by atoms with Crippen LogP contribution in [0, 0.1) is 0 Å². The van der Waals surface area contributed by atoms with Gasteiger partial charge in [-0.05, 0) is 37.0 Å². The number of carbonyl (C=O) groups is 2. The summed E-state index contributed by atoms with van der Waals surface area (Å²) in [4.78, 5) is 26.7. The number of ether oxygens (including phenoxy) is 1. The molecule has 0 saturated carbocycles. The van der Waals surface area contributed by atoms with E-state index in [4.69, 9.17) is 4.74 Å². The predicted molar refractivity (Wildman–Crippen MR) is 91.4 cm³/mol. The van der Waals surface area contributed by atoms with Crippen molar-refractivity contribution in [1.82, 2.24) is 4.90 Å². The molecule has 0 N–H and O–H groups in total. The van der Waals surface area contributed by atoms with Gasteiger partial charge < -0.3 is 4.74 Å². The Labute approximate surface area is 142 Å². The molecule has 4 nitrogen and oxygen atoms in total. The Kier molecular flexibility index (Phi) is 5.39. The Morgan fingerprint density at radius 2 is 1.67 bits per heavy atom. The van der Waals surface area contributed by atoms with Crippen molar-refractivity contribution in [2.45, 2.75) is 32.0 Å². The summed E-state index contributed by atoms with van der Waals surface area (Å²) in [7, 11) is 0. The molecule has 3 rings (SSSR count). The smallest absolute Gasteiger partial charge is 0.260 e. The van der Waals surface area contributed by atoms with Gasteiger partial charge in [0, 0.05) is 12.1 Å². The molecule has 2 amide bonds. The third-order valence-corrected chi connectivity index (χ3v) is 4.20. The van der Waals surface area contributed by atoms with Crippen LogP contribution in [-0.2, 0) is 16.1 Å². The second kappa shape index (κ2) is 7.88.